The zero-order valence-corrected chi connectivity index (χ0v) is 10.1. The molecule has 86 valence electrons. The highest BCUT2D eigenvalue weighted by atomic mass is 16.3. The quantitative estimate of drug-likeness (QED) is 0.862. The maximum Gasteiger partial charge on any atom is 0.125 e. The van der Waals surface area contributed by atoms with Crippen LogP contribution in [0, 0.1) is 20.8 Å². The predicted octanol–water partition coefficient (Wildman–Crippen LogP) is 3.11. The molecule has 1 unspecified atom stereocenters. The van der Waals surface area contributed by atoms with Crippen molar-refractivity contribution in [2.75, 3.05) is 7.05 Å². The number of aryl methyl sites for hydroxylation is 3. The van der Waals surface area contributed by atoms with Crippen LogP contribution in [-0.2, 0) is 0 Å². The Kier molecular flexibility index (Phi) is 2.88. The summed E-state index contributed by atoms with van der Waals surface area (Å²) < 4.78 is 11.2. The summed E-state index contributed by atoms with van der Waals surface area (Å²) in [7, 11) is 1.92. The molecule has 0 spiro atoms. The standard InChI is InChI=1S/C13H17NO2/c1-8-5-6-12(16-8)13(14-4)11-7-9(2)15-10(11)3/h5-7,13-14H,1-4H3. The fourth-order valence-corrected chi connectivity index (χ4v) is 2.00. The highest BCUT2D eigenvalue weighted by molar-refractivity contribution is 5.30. The van der Waals surface area contributed by atoms with Gasteiger partial charge in [-0.05, 0) is 46.0 Å². The van der Waals surface area contributed by atoms with Crippen LogP contribution >= 0.6 is 0 Å². The normalized spacial score (nSPS) is 13.0. The third-order valence-electron chi connectivity index (χ3n) is 2.72. The number of nitrogens with one attached hydrogen (secondary N) is 1. The van der Waals surface area contributed by atoms with Crippen molar-refractivity contribution >= 4 is 0 Å². The topological polar surface area (TPSA) is 38.3 Å². The molecule has 0 fully saturated rings. The zero-order chi connectivity index (χ0) is 11.7. The van der Waals surface area contributed by atoms with Gasteiger partial charge >= 0.3 is 0 Å². The van der Waals surface area contributed by atoms with Gasteiger partial charge in [-0.3, -0.25) is 0 Å². The van der Waals surface area contributed by atoms with Crippen LogP contribution in [0.1, 0.15) is 34.6 Å². The van der Waals surface area contributed by atoms with Crippen molar-refractivity contribution in [3.63, 3.8) is 0 Å². The van der Waals surface area contributed by atoms with Crippen LogP contribution in [0.4, 0.5) is 0 Å². The smallest absolute Gasteiger partial charge is 0.125 e. The Morgan fingerprint density at radius 2 is 1.81 bits per heavy atom. The second kappa shape index (κ2) is 4.18. The van der Waals surface area contributed by atoms with Gasteiger partial charge in [0.05, 0.1) is 6.04 Å². The summed E-state index contributed by atoms with van der Waals surface area (Å²) in [6.07, 6.45) is 0. The number of furan rings is 2. The van der Waals surface area contributed by atoms with Gasteiger partial charge in [0.15, 0.2) is 0 Å². The van der Waals surface area contributed by atoms with E-state index >= 15 is 0 Å². The Morgan fingerprint density at radius 1 is 1.06 bits per heavy atom. The van der Waals surface area contributed by atoms with Crippen LogP contribution in [0.5, 0.6) is 0 Å². The second-order valence-corrected chi connectivity index (χ2v) is 4.04. The van der Waals surface area contributed by atoms with Gasteiger partial charge in [0.1, 0.15) is 23.0 Å². The molecule has 2 aromatic rings. The summed E-state index contributed by atoms with van der Waals surface area (Å²) in [4.78, 5) is 0. The summed E-state index contributed by atoms with van der Waals surface area (Å²) in [5.41, 5.74) is 1.13. The largest absolute Gasteiger partial charge is 0.466 e. The van der Waals surface area contributed by atoms with Gasteiger partial charge in [0.25, 0.3) is 0 Å². The van der Waals surface area contributed by atoms with Crippen LogP contribution < -0.4 is 5.32 Å². The Hall–Kier alpha value is -1.48. The molecule has 16 heavy (non-hydrogen) atoms. The van der Waals surface area contributed by atoms with Crippen LogP contribution in [0.15, 0.2) is 27.0 Å². The maximum absolute atomic E-state index is 5.65. The first-order chi connectivity index (χ1) is 7.61. The number of hydrogen-bond acceptors (Lipinski definition) is 3. The Morgan fingerprint density at radius 3 is 2.25 bits per heavy atom. The minimum Gasteiger partial charge on any atom is -0.466 e. The van der Waals surface area contributed by atoms with Crippen LogP contribution in [-0.4, -0.2) is 7.05 Å². The molecule has 0 radical (unpaired) electrons. The minimum absolute atomic E-state index is 0.0612. The van der Waals surface area contributed by atoms with Gasteiger partial charge in [0.2, 0.25) is 0 Å². The lowest BCUT2D eigenvalue weighted by Crippen LogP contribution is -2.17. The maximum atomic E-state index is 5.65. The van der Waals surface area contributed by atoms with Gasteiger partial charge in [-0.2, -0.15) is 0 Å². The Labute approximate surface area is 95.5 Å². The van der Waals surface area contributed by atoms with Crippen molar-refractivity contribution in [3.05, 3.63) is 46.8 Å². The molecule has 0 aromatic carbocycles. The van der Waals surface area contributed by atoms with E-state index in [9.17, 15) is 0 Å². The van der Waals surface area contributed by atoms with E-state index in [-0.39, 0.29) is 6.04 Å². The molecule has 3 nitrogen and oxygen atoms in total. The van der Waals surface area contributed by atoms with E-state index < -0.39 is 0 Å². The molecule has 2 rings (SSSR count). The zero-order valence-electron chi connectivity index (χ0n) is 10.1. The monoisotopic (exact) mass is 219 g/mol. The van der Waals surface area contributed by atoms with Gasteiger partial charge in [-0.25, -0.2) is 0 Å². The first-order valence-corrected chi connectivity index (χ1v) is 5.42. The van der Waals surface area contributed by atoms with Crippen LogP contribution in [0.25, 0.3) is 0 Å². The molecule has 0 aliphatic heterocycles. The van der Waals surface area contributed by atoms with Crippen LogP contribution in [0.2, 0.25) is 0 Å². The summed E-state index contributed by atoms with van der Waals surface area (Å²) in [6, 6.07) is 6.08. The predicted molar refractivity (Wildman–Crippen MR) is 62.5 cm³/mol. The highest BCUT2D eigenvalue weighted by Gasteiger charge is 2.20. The molecule has 1 N–H and O–H groups in total. The average molecular weight is 219 g/mol. The van der Waals surface area contributed by atoms with Gasteiger partial charge < -0.3 is 14.2 Å². The third-order valence-corrected chi connectivity index (χ3v) is 2.72. The summed E-state index contributed by atoms with van der Waals surface area (Å²) in [6.45, 7) is 5.88. The summed E-state index contributed by atoms with van der Waals surface area (Å²) in [5.74, 6) is 3.71. The average Bonchev–Trinajstić information content (AvgIpc) is 2.76. The second-order valence-electron chi connectivity index (χ2n) is 4.04. The molecule has 1 atom stereocenters. The van der Waals surface area contributed by atoms with E-state index in [1.165, 1.54) is 0 Å². The molecule has 0 saturated heterocycles. The van der Waals surface area contributed by atoms with E-state index in [2.05, 4.69) is 5.32 Å². The molecule has 0 aliphatic carbocycles. The molecule has 3 heteroatoms. The van der Waals surface area contributed by atoms with Crippen molar-refractivity contribution < 1.29 is 8.83 Å². The molecule has 0 bridgehead atoms. The summed E-state index contributed by atoms with van der Waals surface area (Å²) >= 11 is 0. The molecule has 2 heterocycles. The molecular formula is C13H17NO2. The van der Waals surface area contributed by atoms with E-state index in [1.54, 1.807) is 0 Å². The van der Waals surface area contributed by atoms with Crippen LogP contribution in [0.3, 0.4) is 0 Å². The molecule has 0 amide bonds. The van der Waals surface area contributed by atoms with E-state index in [0.29, 0.717) is 0 Å². The lowest BCUT2D eigenvalue weighted by atomic mass is 10.1. The van der Waals surface area contributed by atoms with Crippen molar-refractivity contribution in [1.29, 1.82) is 0 Å². The van der Waals surface area contributed by atoms with E-state index in [1.807, 2.05) is 46.0 Å². The summed E-state index contributed by atoms with van der Waals surface area (Å²) in [5, 5.41) is 3.25. The van der Waals surface area contributed by atoms with Gasteiger partial charge in [-0.15, -0.1) is 0 Å². The van der Waals surface area contributed by atoms with Gasteiger partial charge in [-0.1, -0.05) is 0 Å². The fraction of sp³-hybridized carbons (Fsp3) is 0.385. The lowest BCUT2D eigenvalue weighted by molar-refractivity contribution is 0.437. The van der Waals surface area contributed by atoms with Crippen molar-refractivity contribution in [1.82, 2.24) is 5.32 Å². The Bertz CT molecular complexity index is 482. The lowest BCUT2D eigenvalue weighted by Gasteiger charge is -2.12. The fourth-order valence-electron chi connectivity index (χ4n) is 2.00. The first-order valence-electron chi connectivity index (χ1n) is 5.42. The van der Waals surface area contributed by atoms with E-state index in [0.717, 1.165) is 28.6 Å². The minimum atomic E-state index is 0.0612. The number of rotatable bonds is 3. The molecule has 0 saturated carbocycles. The molecular weight excluding hydrogens is 202 g/mol. The first kappa shape index (κ1) is 11.0. The van der Waals surface area contributed by atoms with Gasteiger partial charge in [0, 0.05) is 5.56 Å². The SMILES string of the molecule is CNC(c1ccc(C)o1)c1cc(C)oc1C. The third kappa shape index (κ3) is 1.91. The van der Waals surface area contributed by atoms with Crippen molar-refractivity contribution in [2.24, 2.45) is 0 Å². The molecule has 0 aliphatic rings. The Balaban J connectivity index is 2.40. The van der Waals surface area contributed by atoms with Crippen molar-refractivity contribution in [2.45, 2.75) is 26.8 Å². The van der Waals surface area contributed by atoms with E-state index in [4.69, 9.17) is 8.83 Å². The number of hydrogen-bond donors (Lipinski definition) is 1. The van der Waals surface area contributed by atoms with Crippen molar-refractivity contribution in [3.8, 4) is 0 Å². The molecule has 2 aromatic heterocycles. The highest BCUT2D eigenvalue weighted by Crippen LogP contribution is 2.28.